The fraction of sp³-hybridized carbons (Fsp3) is 0.533. The van der Waals surface area contributed by atoms with E-state index in [9.17, 15) is 9.59 Å². The van der Waals surface area contributed by atoms with E-state index in [1.165, 1.54) is 25.5 Å². The molecular formula is C15H18N2O3. The highest BCUT2D eigenvalue weighted by molar-refractivity contribution is 5.99. The molecule has 2 fully saturated rings. The van der Waals surface area contributed by atoms with Crippen molar-refractivity contribution in [1.82, 2.24) is 4.98 Å². The maximum absolute atomic E-state index is 12.1. The van der Waals surface area contributed by atoms with E-state index in [-0.39, 0.29) is 17.3 Å². The van der Waals surface area contributed by atoms with E-state index in [1.54, 1.807) is 12.1 Å². The van der Waals surface area contributed by atoms with E-state index in [4.69, 9.17) is 5.11 Å². The van der Waals surface area contributed by atoms with Crippen molar-refractivity contribution < 1.29 is 14.7 Å². The topological polar surface area (TPSA) is 79.3 Å². The van der Waals surface area contributed by atoms with Crippen molar-refractivity contribution in [1.29, 1.82) is 0 Å². The summed E-state index contributed by atoms with van der Waals surface area (Å²) in [6, 6.07) is 3.20. The predicted molar refractivity (Wildman–Crippen MR) is 73.4 cm³/mol. The molecule has 2 bridgehead atoms. The second-order valence-corrected chi connectivity index (χ2v) is 5.89. The Bertz CT molecular complexity index is 544. The molecule has 1 amide bonds. The molecule has 1 heterocycles. The van der Waals surface area contributed by atoms with Crippen LogP contribution in [0.4, 0.5) is 5.69 Å². The number of nitrogens with zero attached hydrogens (tertiary/aromatic N) is 1. The maximum atomic E-state index is 12.1. The Morgan fingerprint density at radius 2 is 2.20 bits per heavy atom. The lowest BCUT2D eigenvalue weighted by Gasteiger charge is -2.21. The van der Waals surface area contributed by atoms with Gasteiger partial charge in [-0.05, 0) is 49.1 Å². The number of hydrogen-bond donors (Lipinski definition) is 2. The Hall–Kier alpha value is -1.91. The summed E-state index contributed by atoms with van der Waals surface area (Å²) in [7, 11) is 0. The number of carbonyl (C=O) groups excluding carboxylic acids is 1. The third-order valence-corrected chi connectivity index (χ3v) is 4.62. The lowest BCUT2D eigenvalue weighted by Crippen LogP contribution is -2.21. The molecule has 2 N–H and O–H groups in total. The summed E-state index contributed by atoms with van der Waals surface area (Å²) in [5.74, 6) is 0.752. The monoisotopic (exact) mass is 274 g/mol. The van der Waals surface area contributed by atoms with E-state index in [2.05, 4.69) is 10.3 Å². The number of nitrogens with one attached hydrogen (secondary N) is 1. The number of carboxylic acids is 1. The third kappa shape index (κ3) is 2.53. The maximum Gasteiger partial charge on any atom is 0.356 e. The normalized spacial score (nSPS) is 27.5. The molecule has 3 rings (SSSR count). The lowest BCUT2D eigenvalue weighted by atomic mass is 9.86. The van der Waals surface area contributed by atoms with Crippen molar-refractivity contribution in [3.63, 3.8) is 0 Å². The molecule has 0 aromatic carbocycles. The van der Waals surface area contributed by atoms with Gasteiger partial charge in [0.1, 0.15) is 0 Å². The molecule has 1 aromatic rings. The van der Waals surface area contributed by atoms with Gasteiger partial charge in [-0.25, -0.2) is 9.78 Å². The van der Waals surface area contributed by atoms with Crippen LogP contribution in [0.5, 0.6) is 0 Å². The molecule has 3 atom stereocenters. The van der Waals surface area contributed by atoms with Crippen molar-refractivity contribution in [2.24, 2.45) is 17.8 Å². The molecule has 0 aliphatic heterocycles. The summed E-state index contributed by atoms with van der Waals surface area (Å²) >= 11 is 0. The van der Waals surface area contributed by atoms with E-state index >= 15 is 0 Å². The molecular weight excluding hydrogens is 256 g/mol. The molecule has 3 unspecified atom stereocenters. The fourth-order valence-corrected chi connectivity index (χ4v) is 3.74. The fourth-order valence-electron chi connectivity index (χ4n) is 3.74. The molecule has 106 valence electrons. The number of aromatic nitrogens is 1. The summed E-state index contributed by atoms with van der Waals surface area (Å²) in [5.41, 5.74) is 0.182. The van der Waals surface area contributed by atoms with Crippen LogP contribution in [0.1, 0.15) is 42.6 Å². The van der Waals surface area contributed by atoms with Crippen LogP contribution >= 0.6 is 0 Å². The smallest absolute Gasteiger partial charge is 0.356 e. The Balaban J connectivity index is 1.63. The van der Waals surface area contributed by atoms with Crippen molar-refractivity contribution in [2.75, 3.05) is 5.32 Å². The minimum absolute atomic E-state index is 0.0990. The van der Waals surface area contributed by atoms with Gasteiger partial charge in [0.2, 0.25) is 5.91 Å². The molecule has 20 heavy (non-hydrogen) atoms. The Morgan fingerprint density at radius 3 is 2.85 bits per heavy atom. The van der Waals surface area contributed by atoms with Gasteiger partial charge in [0.25, 0.3) is 0 Å². The summed E-state index contributed by atoms with van der Waals surface area (Å²) in [5, 5.41) is 11.7. The molecule has 2 saturated carbocycles. The number of hydrogen-bond acceptors (Lipinski definition) is 3. The minimum Gasteiger partial charge on any atom is -0.476 e. The van der Waals surface area contributed by atoms with Crippen LogP contribution in [0.25, 0.3) is 0 Å². The summed E-state index contributed by atoms with van der Waals surface area (Å²) < 4.78 is 0. The largest absolute Gasteiger partial charge is 0.476 e. The highest BCUT2D eigenvalue weighted by Gasteiger charge is 2.40. The molecule has 5 heteroatoms. The van der Waals surface area contributed by atoms with Gasteiger partial charge in [0, 0.05) is 12.6 Å². The number of rotatable bonds is 4. The summed E-state index contributed by atoms with van der Waals surface area (Å²) in [4.78, 5) is 26.9. The van der Waals surface area contributed by atoms with Gasteiger partial charge in [-0.2, -0.15) is 0 Å². The Morgan fingerprint density at radius 1 is 1.35 bits per heavy atom. The standard InChI is InChI=1S/C15H18N2O3/c18-13(8-11-7-9-3-4-10(11)6-9)17-12-2-1-5-16-14(12)15(19)20/h1-2,5,9-11H,3-4,6-8H2,(H,17,18)(H,19,20). The van der Waals surface area contributed by atoms with Crippen LogP contribution < -0.4 is 5.32 Å². The number of fused-ring (bicyclic) bond motifs is 2. The van der Waals surface area contributed by atoms with Crippen LogP contribution in [0.3, 0.4) is 0 Å². The van der Waals surface area contributed by atoms with E-state index in [0.717, 1.165) is 12.3 Å². The Labute approximate surface area is 117 Å². The summed E-state index contributed by atoms with van der Waals surface area (Å²) in [6.07, 6.45) is 6.89. The minimum atomic E-state index is -1.12. The van der Waals surface area contributed by atoms with Gasteiger partial charge in [-0.15, -0.1) is 0 Å². The lowest BCUT2D eigenvalue weighted by molar-refractivity contribution is -0.117. The third-order valence-electron chi connectivity index (χ3n) is 4.62. The molecule has 1 aromatic heterocycles. The summed E-state index contributed by atoms with van der Waals surface area (Å²) in [6.45, 7) is 0. The SMILES string of the molecule is O=C(CC1CC2CCC1C2)Nc1cccnc1C(=O)O. The highest BCUT2D eigenvalue weighted by atomic mass is 16.4. The van der Waals surface area contributed by atoms with Crippen LogP contribution in [0.2, 0.25) is 0 Å². The van der Waals surface area contributed by atoms with E-state index < -0.39 is 5.97 Å². The highest BCUT2D eigenvalue weighted by Crippen LogP contribution is 2.49. The first-order valence-corrected chi connectivity index (χ1v) is 7.11. The van der Waals surface area contributed by atoms with Crippen molar-refractivity contribution in [3.05, 3.63) is 24.0 Å². The van der Waals surface area contributed by atoms with Crippen LogP contribution in [-0.2, 0) is 4.79 Å². The quantitative estimate of drug-likeness (QED) is 0.884. The number of pyridine rings is 1. The van der Waals surface area contributed by atoms with Gasteiger partial charge in [0.05, 0.1) is 5.69 Å². The van der Waals surface area contributed by atoms with E-state index in [0.29, 0.717) is 18.3 Å². The van der Waals surface area contributed by atoms with Crippen molar-refractivity contribution in [3.8, 4) is 0 Å². The van der Waals surface area contributed by atoms with Gasteiger partial charge in [0.15, 0.2) is 5.69 Å². The van der Waals surface area contributed by atoms with Gasteiger partial charge in [-0.1, -0.05) is 6.42 Å². The molecule has 0 radical (unpaired) electrons. The number of carbonyl (C=O) groups is 2. The molecule has 5 nitrogen and oxygen atoms in total. The zero-order valence-electron chi connectivity index (χ0n) is 11.2. The van der Waals surface area contributed by atoms with Crippen LogP contribution in [0, 0.1) is 17.8 Å². The zero-order valence-corrected chi connectivity index (χ0v) is 11.2. The molecule has 2 aliphatic rings. The van der Waals surface area contributed by atoms with E-state index in [1.807, 2.05) is 0 Å². The van der Waals surface area contributed by atoms with Gasteiger partial charge < -0.3 is 10.4 Å². The average molecular weight is 274 g/mol. The number of carboxylic acid groups (broad SMARTS) is 1. The predicted octanol–water partition coefficient (Wildman–Crippen LogP) is 2.54. The molecule has 0 saturated heterocycles. The first-order valence-electron chi connectivity index (χ1n) is 7.11. The van der Waals surface area contributed by atoms with Crippen molar-refractivity contribution >= 4 is 17.6 Å². The Kier molecular flexibility index (Phi) is 3.42. The molecule has 0 spiro atoms. The first-order chi connectivity index (χ1) is 9.63. The molecule has 2 aliphatic carbocycles. The number of aromatic carboxylic acids is 1. The first kappa shape index (κ1) is 13.1. The van der Waals surface area contributed by atoms with Gasteiger partial charge in [-0.3, -0.25) is 4.79 Å². The van der Waals surface area contributed by atoms with Crippen LogP contribution in [0.15, 0.2) is 18.3 Å². The van der Waals surface area contributed by atoms with Gasteiger partial charge >= 0.3 is 5.97 Å². The second-order valence-electron chi connectivity index (χ2n) is 5.89. The average Bonchev–Trinajstić information content (AvgIpc) is 3.01. The zero-order chi connectivity index (χ0) is 14.1. The number of amides is 1. The van der Waals surface area contributed by atoms with Crippen molar-refractivity contribution in [2.45, 2.75) is 32.1 Å². The van der Waals surface area contributed by atoms with Crippen LogP contribution in [-0.4, -0.2) is 22.0 Å². The second kappa shape index (κ2) is 5.23. The number of anilines is 1.